The molecule has 0 bridgehead atoms. The zero-order valence-electron chi connectivity index (χ0n) is 17.2. The molecule has 2 aromatic carbocycles. The van der Waals surface area contributed by atoms with Gasteiger partial charge in [0.1, 0.15) is 5.82 Å². The number of carbonyl (C=O) groups is 2. The minimum atomic E-state index is -4.58. The summed E-state index contributed by atoms with van der Waals surface area (Å²) >= 11 is 0.918. The molecule has 0 radical (unpaired) electrons. The molecule has 0 spiro atoms. The highest BCUT2D eigenvalue weighted by molar-refractivity contribution is 7.99. The maximum atomic E-state index is 13.9. The van der Waals surface area contributed by atoms with Crippen LogP contribution in [0.1, 0.15) is 28.7 Å². The van der Waals surface area contributed by atoms with Gasteiger partial charge in [-0.1, -0.05) is 30.0 Å². The normalized spacial score (nSPS) is 11.3. The van der Waals surface area contributed by atoms with Gasteiger partial charge in [-0.2, -0.15) is 13.2 Å². The fourth-order valence-electron chi connectivity index (χ4n) is 2.81. The first-order valence-corrected chi connectivity index (χ1v) is 10.6. The maximum absolute atomic E-state index is 13.9. The number of rotatable bonds is 8. The molecule has 0 unspecified atom stereocenters. The van der Waals surface area contributed by atoms with Gasteiger partial charge >= 0.3 is 12.1 Å². The van der Waals surface area contributed by atoms with Crippen molar-refractivity contribution < 1.29 is 31.9 Å². The van der Waals surface area contributed by atoms with Crippen LogP contribution in [-0.2, 0) is 22.3 Å². The van der Waals surface area contributed by atoms with E-state index in [1.54, 1.807) is 6.92 Å². The summed E-state index contributed by atoms with van der Waals surface area (Å²) < 4.78 is 59.7. The molecule has 0 saturated heterocycles. The van der Waals surface area contributed by atoms with Gasteiger partial charge in [-0.3, -0.25) is 14.2 Å². The van der Waals surface area contributed by atoms with Crippen LogP contribution in [0, 0.1) is 5.82 Å². The highest BCUT2D eigenvalue weighted by Crippen LogP contribution is 2.31. The van der Waals surface area contributed by atoms with Crippen molar-refractivity contribution in [1.29, 1.82) is 0 Å². The Kier molecular flexibility index (Phi) is 7.69. The SMILES string of the molecule is CCOC(=O)CSc1nnc(CNC(=O)c2ccccc2F)n1-c1cccc(C(F)(F)F)c1. The van der Waals surface area contributed by atoms with Crippen LogP contribution in [0.4, 0.5) is 17.6 Å². The van der Waals surface area contributed by atoms with Gasteiger partial charge in [-0.05, 0) is 37.3 Å². The molecule has 0 fully saturated rings. The lowest BCUT2D eigenvalue weighted by Gasteiger charge is -2.13. The first-order chi connectivity index (χ1) is 15.7. The summed E-state index contributed by atoms with van der Waals surface area (Å²) in [7, 11) is 0. The number of hydrogen-bond acceptors (Lipinski definition) is 6. The molecular weight excluding hydrogens is 464 g/mol. The summed E-state index contributed by atoms with van der Waals surface area (Å²) in [5.41, 5.74) is -1.01. The zero-order valence-corrected chi connectivity index (χ0v) is 18.0. The number of thioether (sulfide) groups is 1. The maximum Gasteiger partial charge on any atom is 0.416 e. The molecule has 1 N–H and O–H groups in total. The highest BCUT2D eigenvalue weighted by atomic mass is 32.2. The van der Waals surface area contributed by atoms with E-state index in [1.165, 1.54) is 34.9 Å². The van der Waals surface area contributed by atoms with Crippen LogP contribution in [0.25, 0.3) is 5.69 Å². The van der Waals surface area contributed by atoms with E-state index >= 15 is 0 Å². The summed E-state index contributed by atoms with van der Waals surface area (Å²) in [5.74, 6) is -2.04. The second-order valence-corrected chi connectivity index (χ2v) is 7.48. The molecule has 33 heavy (non-hydrogen) atoms. The van der Waals surface area contributed by atoms with Gasteiger partial charge in [-0.25, -0.2) is 4.39 Å². The van der Waals surface area contributed by atoms with Gasteiger partial charge in [0.05, 0.1) is 35.7 Å². The Balaban J connectivity index is 1.91. The number of halogens is 4. The van der Waals surface area contributed by atoms with Crippen molar-refractivity contribution in [2.75, 3.05) is 12.4 Å². The fraction of sp³-hybridized carbons (Fsp3) is 0.238. The van der Waals surface area contributed by atoms with Crippen LogP contribution in [0.5, 0.6) is 0 Å². The first-order valence-electron chi connectivity index (χ1n) is 9.63. The minimum absolute atomic E-state index is 0.0799. The Morgan fingerprint density at radius 2 is 1.88 bits per heavy atom. The number of benzene rings is 2. The standard InChI is InChI=1S/C21H18F4N4O3S/c1-2-32-18(30)12-33-20-28-27-17(11-26-19(31)15-8-3-4-9-16(15)22)29(20)14-7-5-6-13(10-14)21(23,24)25/h3-10H,2,11-12H2,1H3,(H,26,31). The molecule has 1 heterocycles. The third-order valence-corrected chi connectivity index (χ3v) is 5.18. The predicted molar refractivity (Wildman–Crippen MR) is 111 cm³/mol. The van der Waals surface area contributed by atoms with E-state index in [1.807, 2.05) is 0 Å². The molecular formula is C21H18F4N4O3S. The number of amides is 1. The van der Waals surface area contributed by atoms with Crippen LogP contribution in [-0.4, -0.2) is 39.0 Å². The quantitative estimate of drug-likeness (QED) is 0.297. The lowest BCUT2D eigenvalue weighted by Crippen LogP contribution is -2.25. The molecule has 7 nitrogen and oxygen atoms in total. The second kappa shape index (κ2) is 10.5. The van der Waals surface area contributed by atoms with Gasteiger partial charge in [-0.15, -0.1) is 10.2 Å². The van der Waals surface area contributed by atoms with E-state index in [9.17, 15) is 27.2 Å². The summed E-state index contributed by atoms with van der Waals surface area (Å²) in [5, 5.41) is 10.5. The lowest BCUT2D eigenvalue weighted by atomic mass is 10.2. The molecule has 3 aromatic rings. The molecule has 1 amide bonds. The van der Waals surface area contributed by atoms with Crippen molar-refractivity contribution in [2.45, 2.75) is 24.8 Å². The first kappa shape index (κ1) is 24.2. The highest BCUT2D eigenvalue weighted by Gasteiger charge is 2.31. The Labute approximate surface area is 190 Å². The lowest BCUT2D eigenvalue weighted by molar-refractivity contribution is -0.140. The van der Waals surface area contributed by atoms with Gasteiger partial charge < -0.3 is 10.1 Å². The third kappa shape index (κ3) is 6.09. The van der Waals surface area contributed by atoms with Gasteiger partial charge in [0.2, 0.25) is 0 Å². The zero-order chi connectivity index (χ0) is 24.0. The topological polar surface area (TPSA) is 86.1 Å². The Morgan fingerprint density at radius 1 is 1.12 bits per heavy atom. The largest absolute Gasteiger partial charge is 0.465 e. The van der Waals surface area contributed by atoms with Crippen LogP contribution >= 0.6 is 11.8 Å². The summed E-state index contributed by atoms with van der Waals surface area (Å²) in [6.45, 7) is 1.56. The Hall–Kier alpha value is -3.41. The van der Waals surface area contributed by atoms with Crippen molar-refractivity contribution in [3.63, 3.8) is 0 Å². The number of ether oxygens (including phenoxy) is 1. The average Bonchev–Trinajstić information content (AvgIpc) is 3.19. The van der Waals surface area contributed by atoms with E-state index in [0.29, 0.717) is 0 Å². The number of aromatic nitrogens is 3. The summed E-state index contributed by atoms with van der Waals surface area (Å²) in [6.07, 6.45) is -4.58. The second-order valence-electron chi connectivity index (χ2n) is 6.54. The van der Waals surface area contributed by atoms with Crippen molar-refractivity contribution in [2.24, 2.45) is 0 Å². The number of nitrogens with zero attached hydrogens (tertiary/aromatic N) is 3. The Bertz CT molecular complexity index is 1150. The van der Waals surface area contributed by atoms with E-state index in [2.05, 4.69) is 15.5 Å². The van der Waals surface area contributed by atoms with Crippen LogP contribution < -0.4 is 5.32 Å². The predicted octanol–water partition coefficient (Wildman–Crippen LogP) is 4.01. The fourth-order valence-corrected chi connectivity index (χ4v) is 3.58. The molecule has 0 aliphatic rings. The minimum Gasteiger partial charge on any atom is -0.465 e. The van der Waals surface area contributed by atoms with Crippen LogP contribution in [0.15, 0.2) is 53.7 Å². The monoisotopic (exact) mass is 482 g/mol. The number of esters is 1. The van der Waals surface area contributed by atoms with Crippen molar-refractivity contribution in [3.05, 3.63) is 71.3 Å². The summed E-state index contributed by atoms with van der Waals surface area (Å²) in [6, 6.07) is 9.80. The molecule has 0 aliphatic carbocycles. The molecule has 12 heteroatoms. The van der Waals surface area contributed by atoms with Crippen molar-refractivity contribution >= 4 is 23.6 Å². The molecule has 1 aromatic heterocycles. The number of nitrogens with one attached hydrogen (secondary N) is 1. The number of alkyl halides is 3. The molecule has 174 valence electrons. The van der Waals surface area contributed by atoms with E-state index < -0.39 is 29.4 Å². The van der Waals surface area contributed by atoms with E-state index in [4.69, 9.17) is 4.74 Å². The summed E-state index contributed by atoms with van der Waals surface area (Å²) in [4.78, 5) is 24.1. The van der Waals surface area contributed by atoms with Gasteiger partial charge in [0.15, 0.2) is 11.0 Å². The van der Waals surface area contributed by atoms with Crippen LogP contribution in [0.3, 0.4) is 0 Å². The van der Waals surface area contributed by atoms with Crippen molar-refractivity contribution in [3.8, 4) is 5.69 Å². The Morgan fingerprint density at radius 3 is 2.58 bits per heavy atom. The van der Waals surface area contributed by atoms with Gasteiger partial charge in [0.25, 0.3) is 5.91 Å². The van der Waals surface area contributed by atoms with Crippen molar-refractivity contribution in [1.82, 2.24) is 20.1 Å². The molecule has 0 saturated carbocycles. The van der Waals surface area contributed by atoms with Gasteiger partial charge in [0, 0.05) is 0 Å². The molecule has 3 rings (SSSR count). The smallest absolute Gasteiger partial charge is 0.416 e. The average molecular weight is 482 g/mol. The molecule has 0 atom stereocenters. The number of hydrogen-bond donors (Lipinski definition) is 1. The van der Waals surface area contributed by atoms with E-state index in [0.717, 1.165) is 30.0 Å². The van der Waals surface area contributed by atoms with Crippen LogP contribution in [0.2, 0.25) is 0 Å². The van der Waals surface area contributed by atoms with E-state index in [-0.39, 0.29) is 41.1 Å². The molecule has 0 aliphatic heterocycles. The third-order valence-electron chi connectivity index (χ3n) is 4.28. The number of carbonyl (C=O) groups excluding carboxylic acids is 2.